The quantitative estimate of drug-likeness (QED) is 0.788. The number of nitrogens with one attached hydrogen (secondary N) is 1. The number of piperidine rings is 1. The minimum absolute atomic E-state index is 0.579. The van der Waals surface area contributed by atoms with Gasteiger partial charge in [-0.15, -0.1) is 0 Å². The zero-order valence-electron chi connectivity index (χ0n) is 9.48. The Labute approximate surface area is 94.7 Å². The summed E-state index contributed by atoms with van der Waals surface area (Å²) in [6.07, 6.45) is 6.10. The maximum atomic E-state index is 4.59. The van der Waals surface area contributed by atoms with E-state index in [1.165, 1.54) is 18.4 Å². The molecule has 2 aromatic rings. The molecule has 0 radical (unpaired) electrons. The van der Waals surface area contributed by atoms with Crippen LogP contribution in [0.3, 0.4) is 0 Å². The van der Waals surface area contributed by atoms with E-state index in [-0.39, 0.29) is 0 Å². The highest BCUT2D eigenvalue weighted by atomic mass is 15.1. The van der Waals surface area contributed by atoms with Crippen LogP contribution in [-0.4, -0.2) is 27.6 Å². The van der Waals surface area contributed by atoms with Crippen LogP contribution in [-0.2, 0) is 0 Å². The van der Waals surface area contributed by atoms with Gasteiger partial charge in [-0.2, -0.15) is 0 Å². The Morgan fingerprint density at radius 2 is 2.19 bits per heavy atom. The third-order valence-corrected chi connectivity index (χ3v) is 3.34. The van der Waals surface area contributed by atoms with Crippen LogP contribution < -0.4 is 5.32 Å². The van der Waals surface area contributed by atoms with Crippen molar-refractivity contribution in [3.63, 3.8) is 0 Å². The second kappa shape index (κ2) is 3.87. The highest BCUT2D eigenvalue weighted by Crippen LogP contribution is 2.25. The van der Waals surface area contributed by atoms with Gasteiger partial charge in [0.15, 0.2) is 0 Å². The van der Waals surface area contributed by atoms with Crippen molar-refractivity contribution in [3.05, 3.63) is 24.3 Å². The maximum absolute atomic E-state index is 4.59. The lowest BCUT2D eigenvalue weighted by molar-refractivity contribution is 0.370. The SMILES string of the molecule is Cc1nc2ccncc2n1C1CCNCC1. The van der Waals surface area contributed by atoms with Crippen LogP contribution in [0.5, 0.6) is 0 Å². The number of aromatic nitrogens is 3. The molecular weight excluding hydrogens is 200 g/mol. The van der Waals surface area contributed by atoms with Gasteiger partial charge < -0.3 is 9.88 Å². The molecule has 0 unspecified atom stereocenters. The topological polar surface area (TPSA) is 42.7 Å². The van der Waals surface area contributed by atoms with Crippen LogP contribution in [0.4, 0.5) is 0 Å². The fraction of sp³-hybridized carbons (Fsp3) is 0.500. The van der Waals surface area contributed by atoms with E-state index in [4.69, 9.17) is 0 Å². The maximum Gasteiger partial charge on any atom is 0.107 e. The molecule has 3 heterocycles. The molecule has 3 rings (SSSR count). The number of hydrogen-bond donors (Lipinski definition) is 1. The number of fused-ring (bicyclic) bond motifs is 1. The number of imidazole rings is 1. The van der Waals surface area contributed by atoms with E-state index in [9.17, 15) is 0 Å². The van der Waals surface area contributed by atoms with Crippen LogP contribution in [0.2, 0.25) is 0 Å². The molecule has 1 aliphatic heterocycles. The van der Waals surface area contributed by atoms with Crippen LogP contribution in [0.1, 0.15) is 24.7 Å². The number of nitrogens with zero attached hydrogens (tertiary/aromatic N) is 3. The molecule has 84 valence electrons. The molecule has 4 heteroatoms. The molecule has 16 heavy (non-hydrogen) atoms. The molecule has 1 aliphatic rings. The summed E-state index contributed by atoms with van der Waals surface area (Å²) in [6, 6.07) is 2.57. The highest BCUT2D eigenvalue weighted by Gasteiger charge is 2.19. The van der Waals surface area contributed by atoms with Crippen molar-refractivity contribution in [2.45, 2.75) is 25.8 Å². The molecule has 0 aliphatic carbocycles. The molecule has 0 saturated carbocycles. The summed E-state index contributed by atoms with van der Waals surface area (Å²) >= 11 is 0. The molecular formula is C12H16N4. The van der Waals surface area contributed by atoms with Gasteiger partial charge in [0.2, 0.25) is 0 Å². The van der Waals surface area contributed by atoms with Crippen LogP contribution in [0.15, 0.2) is 18.5 Å². The smallest absolute Gasteiger partial charge is 0.107 e. The first-order valence-electron chi connectivity index (χ1n) is 5.85. The van der Waals surface area contributed by atoms with E-state index in [1.807, 2.05) is 18.5 Å². The van der Waals surface area contributed by atoms with E-state index in [2.05, 4.69) is 26.8 Å². The molecule has 4 nitrogen and oxygen atoms in total. The van der Waals surface area contributed by atoms with Crippen molar-refractivity contribution in [2.24, 2.45) is 0 Å². The van der Waals surface area contributed by atoms with Gasteiger partial charge in [-0.3, -0.25) is 4.98 Å². The molecule has 0 aromatic carbocycles. The van der Waals surface area contributed by atoms with Crippen LogP contribution in [0, 0.1) is 6.92 Å². The van der Waals surface area contributed by atoms with Crippen molar-refractivity contribution in [2.75, 3.05) is 13.1 Å². The minimum atomic E-state index is 0.579. The second-order valence-electron chi connectivity index (χ2n) is 4.37. The summed E-state index contributed by atoms with van der Waals surface area (Å²) < 4.78 is 2.35. The summed E-state index contributed by atoms with van der Waals surface area (Å²) in [5, 5.41) is 3.39. The van der Waals surface area contributed by atoms with Crippen LogP contribution >= 0.6 is 0 Å². The Bertz CT molecular complexity index is 497. The van der Waals surface area contributed by atoms with Gasteiger partial charge in [-0.25, -0.2) is 4.98 Å². The van der Waals surface area contributed by atoms with Gasteiger partial charge in [0, 0.05) is 12.2 Å². The lowest BCUT2D eigenvalue weighted by Crippen LogP contribution is -2.29. The third kappa shape index (κ3) is 1.50. The predicted molar refractivity (Wildman–Crippen MR) is 63.4 cm³/mol. The number of hydrogen-bond acceptors (Lipinski definition) is 3. The molecule has 2 aromatic heterocycles. The number of rotatable bonds is 1. The van der Waals surface area contributed by atoms with E-state index < -0.39 is 0 Å². The Morgan fingerprint density at radius 3 is 3.00 bits per heavy atom. The van der Waals surface area contributed by atoms with E-state index >= 15 is 0 Å². The van der Waals surface area contributed by atoms with Gasteiger partial charge in [0.25, 0.3) is 0 Å². The summed E-state index contributed by atoms with van der Waals surface area (Å²) in [4.78, 5) is 8.80. The highest BCUT2D eigenvalue weighted by molar-refractivity contribution is 5.74. The Kier molecular flexibility index (Phi) is 2.36. The van der Waals surface area contributed by atoms with Gasteiger partial charge in [0.05, 0.1) is 17.2 Å². The van der Waals surface area contributed by atoms with Crippen molar-refractivity contribution in [1.82, 2.24) is 19.9 Å². The summed E-state index contributed by atoms with van der Waals surface area (Å²) in [5.74, 6) is 1.11. The fourth-order valence-electron chi connectivity index (χ4n) is 2.59. The summed E-state index contributed by atoms with van der Waals surface area (Å²) in [6.45, 7) is 4.29. The second-order valence-corrected chi connectivity index (χ2v) is 4.37. The predicted octanol–water partition coefficient (Wildman–Crippen LogP) is 1.66. The van der Waals surface area contributed by atoms with Crippen molar-refractivity contribution < 1.29 is 0 Å². The first kappa shape index (κ1) is 9.78. The molecule has 0 atom stereocenters. The standard InChI is InChI=1S/C12H16N4/c1-9-15-11-4-7-14-8-12(11)16(9)10-2-5-13-6-3-10/h4,7-8,10,13H,2-3,5-6H2,1H3. The molecule has 1 fully saturated rings. The van der Waals surface area contributed by atoms with Crippen molar-refractivity contribution in [3.8, 4) is 0 Å². The normalized spacial score (nSPS) is 18.1. The first-order chi connectivity index (χ1) is 7.86. The zero-order chi connectivity index (χ0) is 11.0. The Morgan fingerprint density at radius 1 is 1.38 bits per heavy atom. The molecule has 0 spiro atoms. The molecule has 0 amide bonds. The number of aryl methyl sites for hydroxylation is 1. The molecule has 0 bridgehead atoms. The first-order valence-corrected chi connectivity index (χ1v) is 5.85. The van der Waals surface area contributed by atoms with E-state index in [0.717, 1.165) is 24.4 Å². The van der Waals surface area contributed by atoms with Gasteiger partial charge in [0.1, 0.15) is 5.82 Å². The monoisotopic (exact) mass is 216 g/mol. The van der Waals surface area contributed by atoms with E-state index in [0.29, 0.717) is 6.04 Å². The molecule has 1 saturated heterocycles. The number of pyridine rings is 1. The minimum Gasteiger partial charge on any atom is -0.324 e. The summed E-state index contributed by atoms with van der Waals surface area (Å²) in [7, 11) is 0. The third-order valence-electron chi connectivity index (χ3n) is 3.34. The van der Waals surface area contributed by atoms with Crippen LogP contribution in [0.25, 0.3) is 11.0 Å². The van der Waals surface area contributed by atoms with Crippen molar-refractivity contribution >= 4 is 11.0 Å². The fourth-order valence-corrected chi connectivity index (χ4v) is 2.59. The average molecular weight is 216 g/mol. The van der Waals surface area contributed by atoms with Gasteiger partial charge in [-0.1, -0.05) is 0 Å². The Balaban J connectivity index is 2.10. The molecule has 1 N–H and O–H groups in total. The van der Waals surface area contributed by atoms with Gasteiger partial charge >= 0.3 is 0 Å². The lowest BCUT2D eigenvalue weighted by atomic mass is 10.1. The van der Waals surface area contributed by atoms with Gasteiger partial charge in [-0.05, 0) is 38.9 Å². The van der Waals surface area contributed by atoms with Crippen molar-refractivity contribution in [1.29, 1.82) is 0 Å². The lowest BCUT2D eigenvalue weighted by Gasteiger charge is -2.25. The average Bonchev–Trinajstić information content (AvgIpc) is 2.66. The Hall–Kier alpha value is -1.42. The largest absolute Gasteiger partial charge is 0.324 e. The van der Waals surface area contributed by atoms with E-state index in [1.54, 1.807) is 0 Å². The zero-order valence-corrected chi connectivity index (χ0v) is 9.48. The summed E-state index contributed by atoms with van der Waals surface area (Å²) in [5.41, 5.74) is 2.23.